The van der Waals surface area contributed by atoms with E-state index in [9.17, 15) is 21.6 Å². The normalized spacial score (nSPS) is 25.3. The fraction of sp³-hybridized carbons (Fsp3) is 0.688. The molecule has 0 radical (unpaired) electrons. The van der Waals surface area contributed by atoms with E-state index >= 15 is 0 Å². The summed E-state index contributed by atoms with van der Waals surface area (Å²) in [7, 11) is -3.43. The van der Waals surface area contributed by atoms with Gasteiger partial charge in [0.1, 0.15) is 6.10 Å². The molecule has 1 aliphatic heterocycles. The fourth-order valence-corrected chi connectivity index (χ4v) is 4.85. The molecule has 1 aromatic heterocycles. The van der Waals surface area contributed by atoms with Crippen molar-refractivity contribution in [2.45, 2.75) is 56.8 Å². The standard InChI is InChI=1S/C16H22F3N3O3S/c17-16(18,19)12-3-8-15(20-11-12)25-14-6-4-13(5-7-14)21-26(23,24)22-9-1-2-10-22/h3,8,11,13-14,21H,1-2,4-7,9-10H2. The van der Waals surface area contributed by atoms with Crippen molar-refractivity contribution < 1.29 is 26.3 Å². The molecule has 26 heavy (non-hydrogen) atoms. The Balaban J connectivity index is 1.48. The van der Waals surface area contributed by atoms with Crippen molar-refractivity contribution in [1.82, 2.24) is 14.0 Å². The van der Waals surface area contributed by atoms with Gasteiger partial charge in [0.25, 0.3) is 10.2 Å². The molecule has 2 aliphatic rings. The summed E-state index contributed by atoms with van der Waals surface area (Å²) in [6.45, 7) is 1.13. The fourth-order valence-electron chi connectivity index (χ4n) is 3.30. The minimum absolute atomic E-state index is 0.138. The van der Waals surface area contributed by atoms with E-state index in [1.165, 1.54) is 10.4 Å². The highest BCUT2D eigenvalue weighted by Crippen LogP contribution is 2.30. The SMILES string of the molecule is O=S(=O)(NC1CCC(Oc2ccc(C(F)(F)F)cn2)CC1)N1CCCC1. The van der Waals surface area contributed by atoms with E-state index in [1.807, 2.05) is 0 Å². The second-order valence-electron chi connectivity index (χ2n) is 6.70. The van der Waals surface area contributed by atoms with Gasteiger partial charge in [-0.15, -0.1) is 0 Å². The van der Waals surface area contributed by atoms with Crippen LogP contribution in [-0.4, -0.2) is 42.9 Å². The Labute approximate surface area is 150 Å². The van der Waals surface area contributed by atoms with Crippen LogP contribution < -0.4 is 9.46 Å². The molecule has 1 aromatic rings. The summed E-state index contributed by atoms with van der Waals surface area (Å²) in [4.78, 5) is 3.71. The molecule has 10 heteroatoms. The lowest BCUT2D eigenvalue weighted by atomic mass is 9.94. The highest BCUT2D eigenvalue weighted by atomic mass is 32.2. The number of nitrogens with one attached hydrogen (secondary N) is 1. The number of halogens is 3. The summed E-state index contributed by atoms with van der Waals surface area (Å²) in [6.07, 6.45) is 0.430. The molecular formula is C16H22F3N3O3S. The molecule has 2 heterocycles. The van der Waals surface area contributed by atoms with Crippen molar-refractivity contribution >= 4 is 10.2 Å². The van der Waals surface area contributed by atoms with Gasteiger partial charge in [0, 0.05) is 31.4 Å². The Kier molecular flexibility index (Phi) is 5.73. The van der Waals surface area contributed by atoms with Crippen molar-refractivity contribution in [2.24, 2.45) is 0 Å². The van der Waals surface area contributed by atoms with Crippen LogP contribution >= 0.6 is 0 Å². The number of alkyl halides is 3. The predicted octanol–water partition coefficient (Wildman–Crippen LogP) is 2.72. The van der Waals surface area contributed by atoms with Gasteiger partial charge in [-0.25, -0.2) is 4.98 Å². The van der Waals surface area contributed by atoms with Crippen LogP contribution in [0.3, 0.4) is 0 Å². The third-order valence-corrected chi connectivity index (χ3v) is 6.42. The first kappa shape index (κ1) is 19.4. The molecule has 1 saturated carbocycles. The maximum Gasteiger partial charge on any atom is 0.417 e. The maximum atomic E-state index is 12.5. The third kappa shape index (κ3) is 4.86. The molecule has 1 N–H and O–H groups in total. The molecule has 146 valence electrons. The minimum Gasteiger partial charge on any atom is -0.474 e. The lowest BCUT2D eigenvalue weighted by Gasteiger charge is -2.30. The van der Waals surface area contributed by atoms with Gasteiger partial charge in [-0.3, -0.25) is 0 Å². The van der Waals surface area contributed by atoms with Crippen LogP contribution in [0.15, 0.2) is 18.3 Å². The zero-order chi connectivity index (χ0) is 18.8. The van der Waals surface area contributed by atoms with Crippen molar-refractivity contribution in [3.63, 3.8) is 0 Å². The minimum atomic E-state index is -4.42. The lowest BCUT2D eigenvalue weighted by Crippen LogP contribution is -2.46. The van der Waals surface area contributed by atoms with E-state index in [2.05, 4.69) is 9.71 Å². The number of pyridine rings is 1. The monoisotopic (exact) mass is 393 g/mol. The summed E-state index contributed by atoms with van der Waals surface area (Å²) in [5.41, 5.74) is -0.815. The van der Waals surface area contributed by atoms with Crippen LogP contribution in [0.1, 0.15) is 44.1 Å². The number of nitrogens with zero attached hydrogens (tertiary/aromatic N) is 2. The first-order valence-corrected chi connectivity index (χ1v) is 10.2. The van der Waals surface area contributed by atoms with Gasteiger partial charge in [-0.1, -0.05) is 0 Å². The maximum absolute atomic E-state index is 12.5. The van der Waals surface area contributed by atoms with Gasteiger partial charge in [0.2, 0.25) is 5.88 Å². The van der Waals surface area contributed by atoms with E-state index < -0.39 is 21.9 Å². The van der Waals surface area contributed by atoms with Crippen LogP contribution in [0, 0.1) is 0 Å². The second-order valence-corrected chi connectivity index (χ2v) is 8.41. The summed E-state index contributed by atoms with van der Waals surface area (Å²) in [6, 6.07) is 2.02. The molecule has 0 bridgehead atoms. The smallest absolute Gasteiger partial charge is 0.417 e. The number of aromatic nitrogens is 1. The molecule has 0 amide bonds. The van der Waals surface area contributed by atoms with Crippen molar-refractivity contribution in [2.75, 3.05) is 13.1 Å². The van der Waals surface area contributed by atoms with E-state index in [1.54, 1.807) is 0 Å². The Morgan fingerprint density at radius 1 is 1.12 bits per heavy atom. The molecule has 0 atom stereocenters. The van der Waals surface area contributed by atoms with Gasteiger partial charge < -0.3 is 4.74 Å². The molecular weight excluding hydrogens is 371 g/mol. The average Bonchev–Trinajstić information content (AvgIpc) is 3.12. The van der Waals surface area contributed by atoms with Gasteiger partial charge in [-0.05, 0) is 44.6 Å². The quantitative estimate of drug-likeness (QED) is 0.835. The number of hydrogen-bond donors (Lipinski definition) is 1. The number of hydrogen-bond acceptors (Lipinski definition) is 4. The second kappa shape index (κ2) is 7.69. The molecule has 0 unspecified atom stereocenters. The van der Waals surface area contributed by atoms with Gasteiger partial charge in [0.15, 0.2) is 0 Å². The van der Waals surface area contributed by atoms with Gasteiger partial charge >= 0.3 is 6.18 Å². The highest BCUT2D eigenvalue weighted by Gasteiger charge is 2.32. The molecule has 1 aliphatic carbocycles. The Morgan fingerprint density at radius 3 is 2.31 bits per heavy atom. The van der Waals surface area contributed by atoms with Gasteiger partial charge in [-0.2, -0.15) is 30.6 Å². The van der Waals surface area contributed by atoms with E-state index in [0.29, 0.717) is 38.8 Å². The Hall–Kier alpha value is -1.39. The summed E-state index contributed by atoms with van der Waals surface area (Å²) in [5, 5.41) is 0. The highest BCUT2D eigenvalue weighted by molar-refractivity contribution is 7.87. The van der Waals surface area contributed by atoms with Crippen molar-refractivity contribution in [1.29, 1.82) is 0 Å². The number of rotatable bonds is 5. The van der Waals surface area contributed by atoms with Crippen LogP contribution in [0.4, 0.5) is 13.2 Å². The van der Waals surface area contributed by atoms with Crippen molar-refractivity contribution in [3.8, 4) is 5.88 Å². The number of ether oxygens (including phenoxy) is 1. The summed E-state index contributed by atoms with van der Waals surface area (Å²) < 4.78 is 72.0. The van der Waals surface area contributed by atoms with Gasteiger partial charge in [0.05, 0.1) is 5.56 Å². The Morgan fingerprint density at radius 2 is 1.77 bits per heavy atom. The summed E-state index contributed by atoms with van der Waals surface area (Å²) >= 11 is 0. The summed E-state index contributed by atoms with van der Waals surface area (Å²) in [5.74, 6) is 0.152. The molecule has 2 fully saturated rings. The first-order chi connectivity index (χ1) is 12.2. The van der Waals surface area contributed by atoms with Crippen LogP contribution in [-0.2, 0) is 16.4 Å². The zero-order valence-corrected chi connectivity index (χ0v) is 15.0. The topological polar surface area (TPSA) is 71.5 Å². The van der Waals surface area contributed by atoms with Crippen LogP contribution in [0.2, 0.25) is 0 Å². The predicted molar refractivity (Wildman–Crippen MR) is 88.8 cm³/mol. The van der Waals surface area contributed by atoms with E-state index in [-0.39, 0.29) is 18.0 Å². The lowest BCUT2D eigenvalue weighted by molar-refractivity contribution is -0.137. The van der Waals surface area contributed by atoms with Crippen molar-refractivity contribution in [3.05, 3.63) is 23.9 Å². The Bertz CT molecular complexity index is 696. The third-order valence-electron chi connectivity index (χ3n) is 4.75. The average molecular weight is 393 g/mol. The van der Waals surface area contributed by atoms with E-state index in [0.717, 1.165) is 25.1 Å². The first-order valence-electron chi connectivity index (χ1n) is 8.71. The van der Waals surface area contributed by atoms with E-state index in [4.69, 9.17) is 4.74 Å². The molecule has 1 saturated heterocycles. The molecule has 0 aromatic carbocycles. The zero-order valence-electron chi connectivity index (χ0n) is 14.2. The molecule has 3 rings (SSSR count). The molecule has 6 nitrogen and oxygen atoms in total. The van der Waals surface area contributed by atoms with Crippen LogP contribution in [0.5, 0.6) is 5.88 Å². The molecule has 0 spiro atoms. The largest absolute Gasteiger partial charge is 0.474 e. The van der Waals surface area contributed by atoms with Crippen LogP contribution in [0.25, 0.3) is 0 Å².